The highest BCUT2D eigenvalue weighted by atomic mass is 79.9. The van der Waals surface area contributed by atoms with Crippen LogP contribution in [-0.2, 0) is 21.0 Å². The quantitative estimate of drug-likeness (QED) is 0.453. The summed E-state index contributed by atoms with van der Waals surface area (Å²) in [7, 11) is -4.32. The number of hydrogen-bond donors (Lipinski definition) is 1. The third-order valence-electron chi connectivity index (χ3n) is 4.52. The summed E-state index contributed by atoms with van der Waals surface area (Å²) in [6.45, 7) is 1.10. The standard InChI is InChI=1S/C22H18BrF3N2O3S/c1-15-12-17(10-11-20(15)23)27-21(29)14-28(32(30,31)19-8-3-2-4-9-19)18-7-5-6-16(13-18)22(24,25)26/h2-13H,14H2,1H3,(H,27,29). The van der Waals surface area contributed by atoms with Crippen molar-refractivity contribution in [3.63, 3.8) is 0 Å². The van der Waals surface area contributed by atoms with E-state index in [0.717, 1.165) is 22.2 Å². The Bertz CT molecular complexity index is 1230. The van der Waals surface area contributed by atoms with Gasteiger partial charge in [-0.3, -0.25) is 9.10 Å². The van der Waals surface area contributed by atoms with Crippen LogP contribution < -0.4 is 9.62 Å². The molecule has 0 fully saturated rings. The van der Waals surface area contributed by atoms with E-state index in [1.165, 1.54) is 30.3 Å². The van der Waals surface area contributed by atoms with E-state index < -0.39 is 34.2 Å². The van der Waals surface area contributed by atoms with Gasteiger partial charge in [0, 0.05) is 10.2 Å². The van der Waals surface area contributed by atoms with Gasteiger partial charge in [-0.15, -0.1) is 0 Å². The van der Waals surface area contributed by atoms with E-state index in [9.17, 15) is 26.4 Å². The lowest BCUT2D eigenvalue weighted by Gasteiger charge is -2.25. The van der Waals surface area contributed by atoms with E-state index in [-0.39, 0.29) is 10.6 Å². The van der Waals surface area contributed by atoms with Crippen molar-refractivity contribution < 1.29 is 26.4 Å². The van der Waals surface area contributed by atoms with Gasteiger partial charge < -0.3 is 5.32 Å². The molecule has 0 saturated carbocycles. The second-order valence-electron chi connectivity index (χ2n) is 6.88. The average molecular weight is 527 g/mol. The Labute approximate surface area is 192 Å². The lowest BCUT2D eigenvalue weighted by molar-refractivity contribution is -0.137. The third kappa shape index (κ3) is 5.49. The Morgan fingerprint density at radius 2 is 1.69 bits per heavy atom. The highest BCUT2D eigenvalue weighted by Gasteiger charge is 2.33. The highest BCUT2D eigenvalue weighted by Crippen LogP contribution is 2.33. The number of nitrogens with one attached hydrogen (secondary N) is 1. The fourth-order valence-electron chi connectivity index (χ4n) is 2.93. The van der Waals surface area contributed by atoms with Crippen LogP contribution in [0.15, 0.2) is 82.2 Å². The van der Waals surface area contributed by atoms with Crippen LogP contribution in [0.2, 0.25) is 0 Å². The molecule has 0 atom stereocenters. The molecule has 0 spiro atoms. The van der Waals surface area contributed by atoms with Gasteiger partial charge in [-0.2, -0.15) is 13.2 Å². The number of carbonyl (C=O) groups is 1. The molecule has 168 valence electrons. The summed E-state index contributed by atoms with van der Waals surface area (Å²) in [4.78, 5) is 12.6. The Morgan fingerprint density at radius 1 is 1.00 bits per heavy atom. The number of carbonyl (C=O) groups excluding carboxylic acids is 1. The Morgan fingerprint density at radius 3 is 2.31 bits per heavy atom. The van der Waals surface area contributed by atoms with Crippen LogP contribution in [0.3, 0.4) is 0 Å². The van der Waals surface area contributed by atoms with Crippen LogP contribution in [0.1, 0.15) is 11.1 Å². The average Bonchev–Trinajstić information content (AvgIpc) is 2.74. The summed E-state index contributed by atoms with van der Waals surface area (Å²) in [6.07, 6.45) is -4.67. The zero-order valence-corrected chi connectivity index (χ0v) is 19.1. The van der Waals surface area contributed by atoms with Crippen molar-refractivity contribution in [2.45, 2.75) is 18.0 Å². The van der Waals surface area contributed by atoms with Crippen molar-refractivity contribution >= 4 is 43.2 Å². The minimum absolute atomic E-state index is 0.148. The molecule has 1 N–H and O–H groups in total. The maximum absolute atomic E-state index is 13.2. The topological polar surface area (TPSA) is 66.5 Å². The van der Waals surface area contributed by atoms with Crippen LogP contribution in [0.4, 0.5) is 24.5 Å². The molecule has 10 heteroatoms. The van der Waals surface area contributed by atoms with Gasteiger partial charge in [0.15, 0.2) is 0 Å². The Hall–Kier alpha value is -2.85. The van der Waals surface area contributed by atoms with E-state index in [0.29, 0.717) is 16.1 Å². The summed E-state index contributed by atoms with van der Waals surface area (Å²) in [5, 5.41) is 2.59. The van der Waals surface area contributed by atoms with Gasteiger partial charge in [0.2, 0.25) is 5.91 Å². The van der Waals surface area contributed by atoms with Crippen LogP contribution in [-0.4, -0.2) is 20.9 Å². The van der Waals surface area contributed by atoms with Gasteiger partial charge in [0.05, 0.1) is 16.1 Å². The van der Waals surface area contributed by atoms with Gasteiger partial charge in [-0.05, 0) is 61.0 Å². The van der Waals surface area contributed by atoms with Gasteiger partial charge in [-0.25, -0.2) is 8.42 Å². The first kappa shape index (κ1) is 23.8. The minimum Gasteiger partial charge on any atom is -0.325 e. The molecule has 3 aromatic carbocycles. The van der Waals surface area contributed by atoms with Gasteiger partial charge in [0.1, 0.15) is 6.54 Å². The van der Waals surface area contributed by atoms with Crippen LogP contribution in [0.25, 0.3) is 0 Å². The summed E-state index contributed by atoms with van der Waals surface area (Å²) < 4.78 is 67.6. The highest BCUT2D eigenvalue weighted by molar-refractivity contribution is 9.10. The summed E-state index contributed by atoms with van der Waals surface area (Å²) in [5.74, 6) is -0.705. The second-order valence-corrected chi connectivity index (χ2v) is 9.60. The molecule has 0 saturated heterocycles. The molecule has 0 aliphatic heterocycles. The van der Waals surface area contributed by atoms with Crippen molar-refractivity contribution in [1.29, 1.82) is 0 Å². The second kappa shape index (κ2) is 9.33. The van der Waals surface area contributed by atoms with Crippen molar-refractivity contribution in [2.75, 3.05) is 16.2 Å². The molecule has 0 radical (unpaired) electrons. The summed E-state index contributed by atoms with van der Waals surface area (Å²) in [5.41, 5.74) is -0.0238. The molecule has 32 heavy (non-hydrogen) atoms. The number of alkyl halides is 3. The molecule has 0 heterocycles. The van der Waals surface area contributed by atoms with Crippen LogP contribution >= 0.6 is 15.9 Å². The van der Waals surface area contributed by atoms with E-state index in [1.54, 1.807) is 24.3 Å². The first-order valence-corrected chi connectivity index (χ1v) is 11.5. The number of amides is 1. The Kier molecular flexibility index (Phi) is 6.94. The fourth-order valence-corrected chi connectivity index (χ4v) is 4.61. The lowest BCUT2D eigenvalue weighted by atomic mass is 10.2. The van der Waals surface area contributed by atoms with Crippen LogP contribution in [0.5, 0.6) is 0 Å². The molecule has 0 aromatic heterocycles. The maximum Gasteiger partial charge on any atom is 0.416 e. The van der Waals surface area contributed by atoms with E-state index in [4.69, 9.17) is 0 Å². The molecule has 1 amide bonds. The number of halogens is 4. The summed E-state index contributed by atoms with van der Waals surface area (Å²) in [6, 6.07) is 16.1. The zero-order valence-electron chi connectivity index (χ0n) is 16.7. The van der Waals surface area contributed by atoms with Gasteiger partial charge in [0.25, 0.3) is 10.0 Å². The number of sulfonamides is 1. The Balaban J connectivity index is 1.99. The van der Waals surface area contributed by atoms with E-state index >= 15 is 0 Å². The van der Waals surface area contributed by atoms with Crippen molar-refractivity contribution in [2.24, 2.45) is 0 Å². The largest absolute Gasteiger partial charge is 0.416 e. The molecule has 0 aliphatic carbocycles. The molecule has 0 aliphatic rings. The number of aryl methyl sites for hydroxylation is 1. The first-order valence-electron chi connectivity index (χ1n) is 9.29. The predicted molar refractivity (Wildman–Crippen MR) is 120 cm³/mol. The van der Waals surface area contributed by atoms with Crippen molar-refractivity contribution in [3.8, 4) is 0 Å². The van der Waals surface area contributed by atoms with Gasteiger partial charge >= 0.3 is 6.18 Å². The summed E-state index contributed by atoms with van der Waals surface area (Å²) >= 11 is 3.35. The normalized spacial score (nSPS) is 11.8. The van der Waals surface area contributed by atoms with Gasteiger partial charge in [-0.1, -0.05) is 40.2 Å². The number of rotatable bonds is 6. The number of hydrogen-bond acceptors (Lipinski definition) is 3. The number of nitrogens with zero attached hydrogens (tertiary/aromatic N) is 1. The third-order valence-corrected chi connectivity index (χ3v) is 7.20. The molecule has 0 bridgehead atoms. The molecular formula is C22H18BrF3N2O3S. The van der Waals surface area contributed by atoms with Crippen molar-refractivity contribution in [3.05, 3.63) is 88.4 Å². The number of benzene rings is 3. The van der Waals surface area contributed by atoms with E-state index in [2.05, 4.69) is 21.2 Å². The predicted octanol–water partition coefficient (Wildman–Crippen LogP) is 5.61. The van der Waals surface area contributed by atoms with E-state index in [1.807, 2.05) is 6.92 Å². The smallest absolute Gasteiger partial charge is 0.325 e. The maximum atomic E-state index is 13.2. The van der Waals surface area contributed by atoms with Crippen LogP contribution in [0, 0.1) is 6.92 Å². The lowest BCUT2D eigenvalue weighted by Crippen LogP contribution is -2.38. The molecular weight excluding hydrogens is 509 g/mol. The molecule has 0 unspecified atom stereocenters. The first-order chi connectivity index (χ1) is 15.0. The molecule has 3 aromatic rings. The SMILES string of the molecule is Cc1cc(NC(=O)CN(c2cccc(C(F)(F)F)c2)S(=O)(=O)c2ccccc2)ccc1Br. The number of anilines is 2. The van der Waals surface area contributed by atoms with Crippen molar-refractivity contribution in [1.82, 2.24) is 0 Å². The monoisotopic (exact) mass is 526 g/mol. The zero-order chi connectivity index (χ0) is 23.5. The fraction of sp³-hybridized carbons (Fsp3) is 0.136. The molecule has 3 rings (SSSR count). The minimum atomic E-state index is -4.67. The molecule has 5 nitrogen and oxygen atoms in total.